The van der Waals surface area contributed by atoms with Crippen LogP contribution in [-0.4, -0.2) is 42.2 Å². The highest BCUT2D eigenvalue weighted by molar-refractivity contribution is 7.96. The molecule has 0 atom stereocenters. The monoisotopic (exact) mass is 318 g/mol. The zero-order valence-electron chi connectivity index (χ0n) is 10.6. The molecule has 0 aromatic heterocycles. The molecule has 0 unspecified atom stereocenters. The number of halogens is 5. The molecule has 0 fully saturated rings. The van der Waals surface area contributed by atoms with Gasteiger partial charge in [-0.25, -0.2) is 4.39 Å². The lowest BCUT2D eigenvalue weighted by Gasteiger charge is -2.06. The average Bonchev–Trinajstić information content (AvgIpc) is 2.30. The Morgan fingerprint density at radius 2 is 1.40 bits per heavy atom. The lowest BCUT2D eigenvalue weighted by atomic mass is 10.2. The summed E-state index contributed by atoms with van der Waals surface area (Å²) in [6.07, 6.45) is 0. The van der Waals surface area contributed by atoms with E-state index in [2.05, 4.69) is 0 Å². The van der Waals surface area contributed by atoms with Crippen LogP contribution in [0, 0.1) is 5.82 Å². The molecule has 20 heavy (non-hydrogen) atoms. The van der Waals surface area contributed by atoms with Crippen LogP contribution in [0.1, 0.15) is 5.56 Å². The minimum atomic E-state index is -6.00. The van der Waals surface area contributed by atoms with Gasteiger partial charge in [-0.15, -0.1) is 0 Å². The molecule has 0 aliphatic rings. The molecule has 0 saturated heterocycles. The third-order valence-electron chi connectivity index (χ3n) is 2.08. The zero-order chi connectivity index (χ0) is 15.6. The van der Waals surface area contributed by atoms with Crippen molar-refractivity contribution in [1.82, 2.24) is 0 Å². The summed E-state index contributed by atoms with van der Waals surface area (Å²) in [7, 11) is -6.13. The molecule has 0 spiro atoms. The van der Waals surface area contributed by atoms with Crippen molar-refractivity contribution in [3.8, 4) is 0 Å². The number of rotatable bonds is 6. The number of hydrogen-bond acceptors (Lipinski definition) is 2. The summed E-state index contributed by atoms with van der Waals surface area (Å²) in [4.78, 5) is 0. The minimum Gasteiger partial charge on any atom is -0.418 e. The third kappa shape index (κ3) is 11.1. The van der Waals surface area contributed by atoms with Gasteiger partial charge in [0.1, 0.15) is 23.1 Å². The number of aliphatic hydroxyl groups is 2. The fraction of sp³-hybridized carbons (Fsp3) is 0.455. The van der Waals surface area contributed by atoms with Crippen LogP contribution in [0.25, 0.3) is 0 Å². The van der Waals surface area contributed by atoms with Crippen molar-refractivity contribution in [2.75, 3.05) is 24.7 Å². The van der Waals surface area contributed by atoms with Gasteiger partial charge in [-0.05, 0) is 17.0 Å². The van der Waals surface area contributed by atoms with Gasteiger partial charge in [0.15, 0.2) is 0 Å². The summed E-state index contributed by atoms with van der Waals surface area (Å²) in [5, 5.41) is 17.7. The SMILES string of the molecule is F[B-](F)(F)F.OCC[S+](CCO)Cc1ccccc1F. The quantitative estimate of drug-likeness (QED) is 0.480. The van der Waals surface area contributed by atoms with Gasteiger partial charge in [0.25, 0.3) is 0 Å². The Hall–Kier alpha value is -0.795. The largest absolute Gasteiger partial charge is 0.673 e. The van der Waals surface area contributed by atoms with Gasteiger partial charge in [-0.1, -0.05) is 18.2 Å². The Morgan fingerprint density at radius 1 is 0.950 bits per heavy atom. The van der Waals surface area contributed by atoms with E-state index in [0.717, 1.165) is 0 Å². The maximum Gasteiger partial charge on any atom is 0.673 e. The van der Waals surface area contributed by atoms with Gasteiger partial charge < -0.3 is 27.5 Å². The van der Waals surface area contributed by atoms with E-state index >= 15 is 0 Å². The molecular formula is C11H16BF5O2S. The van der Waals surface area contributed by atoms with E-state index in [9.17, 15) is 21.7 Å². The van der Waals surface area contributed by atoms with Crippen LogP contribution in [0.2, 0.25) is 0 Å². The first kappa shape index (κ1) is 19.2. The summed E-state index contributed by atoms with van der Waals surface area (Å²) < 4.78 is 52.3. The number of aliphatic hydroxyl groups excluding tert-OH is 2. The van der Waals surface area contributed by atoms with Gasteiger partial charge >= 0.3 is 7.25 Å². The summed E-state index contributed by atoms with van der Waals surface area (Å²) in [6, 6.07) is 6.66. The average molecular weight is 318 g/mol. The van der Waals surface area contributed by atoms with Gasteiger partial charge in [-0.2, -0.15) is 0 Å². The third-order valence-corrected chi connectivity index (χ3v) is 4.32. The maximum absolute atomic E-state index is 13.3. The second-order valence-corrected chi connectivity index (χ2v) is 6.03. The fourth-order valence-corrected chi connectivity index (χ4v) is 3.02. The van der Waals surface area contributed by atoms with E-state index in [1.54, 1.807) is 18.2 Å². The fourth-order valence-electron chi connectivity index (χ4n) is 1.34. The Morgan fingerprint density at radius 3 is 1.80 bits per heavy atom. The second kappa shape index (κ2) is 10.0. The van der Waals surface area contributed by atoms with Crippen LogP contribution in [0.4, 0.5) is 21.7 Å². The molecule has 116 valence electrons. The first-order chi connectivity index (χ1) is 9.27. The van der Waals surface area contributed by atoms with Crippen LogP contribution in [0.15, 0.2) is 24.3 Å². The Labute approximate surface area is 117 Å². The van der Waals surface area contributed by atoms with E-state index in [1.165, 1.54) is 6.07 Å². The summed E-state index contributed by atoms with van der Waals surface area (Å²) in [5.41, 5.74) is 0.669. The standard InChI is InChI=1S/C11H16FO2S.BF4/c12-11-4-2-1-3-10(11)9-15(7-5-13)8-6-14;2-1(3,4)5/h1-4,13-14H,5-9H2;/q+1;-1. The van der Waals surface area contributed by atoms with Gasteiger partial charge in [0.2, 0.25) is 0 Å². The summed E-state index contributed by atoms with van der Waals surface area (Å²) >= 11 is 0. The Balaban J connectivity index is 0.000000621. The van der Waals surface area contributed by atoms with Crippen molar-refractivity contribution in [3.63, 3.8) is 0 Å². The highest BCUT2D eigenvalue weighted by Gasteiger charge is 2.20. The molecule has 2 nitrogen and oxygen atoms in total. The molecule has 2 N–H and O–H groups in total. The van der Waals surface area contributed by atoms with Crippen molar-refractivity contribution in [3.05, 3.63) is 35.6 Å². The van der Waals surface area contributed by atoms with Crippen LogP contribution < -0.4 is 0 Å². The molecule has 0 heterocycles. The first-order valence-corrected chi connectivity index (χ1v) is 7.47. The van der Waals surface area contributed by atoms with Gasteiger partial charge in [0, 0.05) is 5.56 Å². The topological polar surface area (TPSA) is 40.5 Å². The molecule has 9 heteroatoms. The van der Waals surface area contributed by atoms with E-state index in [-0.39, 0.29) is 29.9 Å². The Bertz CT molecular complexity index is 366. The lowest BCUT2D eigenvalue weighted by molar-refractivity contribution is 0.316. The van der Waals surface area contributed by atoms with E-state index in [1.807, 2.05) is 0 Å². The van der Waals surface area contributed by atoms with Crippen LogP contribution in [0.3, 0.4) is 0 Å². The summed E-state index contributed by atoms with van der Waals surface area (Å²) in [6.45, 7) is 0.190. The number of benzene rings is 1. The van der Waals surface area contributed by atoms with E-state index in [0.29, 0.717) is 22.8 Å². The molecular weight excluding hydrogens is 302 g/mol. The smallest absolute Gasteiger partial charge is 0.418 e. The van der Waals surface area contributed by atoms with Crippen molar-refractivity contribution in [2.24, 2.45) is 0 Å². The first-order valence-electron chi connectivity index (χ1n) is 5.74. The zero-order valence-corrected chi connectivity index (χ0v) is 11.4. The van der Waals surface area contributed by atoms with Crippen molar-refractivity contribution in [1.29, 1.82) is 0 Å². The summed E-state index contributed by atoms with van der Waals surface area (Å²) in [5.74, 6) is 1.67. The molecule has 1 rings (SSSR count). The van der Waals surface area contributed by atoms with Crippen LogP contribution in [0.5, 0.6) is 0 Å². The van der Waals surface area contributed by atoms with Crippen molar-refractivity contribution < 1.29 is 31.9 Å². The molecule has 0 saturated carbocycles. The predicted molar refractivity (Wildman–Crippen MR) is 71.6 cm³/mol. The minimum absolute atomic E-state index is 0.0948. The highest BCUT2D eigenvalue weighted by atomic mass is 32.2. The molecule has 1 aromatic rings. The van der Waals surface area contributed by atoms with Crippen molar-refractivity contribution in [2.45, 2.75) is 5.75 Å². The molecule has 0 bridgehead atoms. The van der Waals surface area contributed by atoms with Gasteiger partial charge in [-0.3, -0.25) is 0 Å². The molecule has 0 aliphatic carbocycles. The maximum atomic E-state index is 13.3. The lowest BCUT2D eigenvalue weighted by Crippen LogP contribution is -2.20. The second-order valence-electron chi connectivity index (χ2n) is 3.70. The molecule has 0 amide bonds. The van der Waals surface area contributed by atoms with E-state index in [4.69, 9.17) is 10.2 Å². The Kier molecular flexibility index (Phi) is 9.61. The predicted octanol–water partition coefficient (Wildman–Crippen LogP) is 2.23. The molecule has 0 radical (unpaired) electrons. The highest BCUT2D eigenvalue weighted by Crippen LogP contribution is 2.12. The normalized spacial score (nSPS) is 11.2. The van der Waals surface area contributed by atoms with Crippen LogP contribution in [-0.2, 0) is 16.6 Å². The van der Waals surface area contributed by atoms with Crippen molar-refractivity contribution >= 4 is 18.1 Å². The molecule has 1 aromatic carbocycles. The van der Waals surface area contributed by atoms with Crippen LogP contribution >= 0.6 is 0 Å². The van der Waals surface area contributed by atoms with Gasteiger partial charge in [0.05, 0.1) is 13.2 Å². The van der Waals surface area contributed by atoms with E-state index < -0.39 is 7.25 Å². The molecule has 0 aliphatic heterocycles. The number of hydrogen-bond donors (Lipinski definition) is 2.